The average Bonchev–Trinajstić information content (AvgIpc) is 3.29. The van der Waals surface area contributed by atoms with Gasteiger partial charge in [0.15, 0.2) is 0 Å². The number of anilines is 1. The molecule has 6 heteroatoms. The van der Waals surface area contributed by atoms with Gasteiger partial charge in [0, 0.05) is 17.6 Å². The number of hydrogen-bond acceptors (Lipinski definition) is 5. The van der Waals surface area contributed by atoms with Crippen LogP contribution in [0.5, 0.6) is 0 Å². The molecule has 1 N–H and O–H groups in total. The standard InChI is InChI=1S/C22H27NO5/c1-2-3-4-5-12-28-22(27)14-8-10-17(11-9-14)23-20(24)18-15-6-7-16(13-15)19(18)21(25)26/h6-11,15-16,18-19H,2-5,12-13H2,1H3,(H,23,24)(H,25,26)/p-1/t15-,16+,18+,19+/m1/s1. The fraction of sp³-hybridized carbons (Fsp3) is 0.500. The Morgan fingerprint density at radius 3 is 2.36 bits per heavy atom. The lowest BCUT2D eigenvalue weighted by atomic mass is 9.82. The van der Waals surface area contributed by atoms with Gasteiger partial charge in [0.1, 0.15) is 0 Å². The Bertz CT molecular complexity index is 755. The number of carbonyl (C=O) groups excluding carboxylic acids is 3. The summed E-state index contributed by atoms with van der Waals surface area (Å²) in [4.78, 5) is 36.1. The topological polar surface area (TPSA) is 95.5 Å². The number of unbranched alkanes of at least 4 members (excludes halogenated alkanes) is 3. The Kier molecular flexibility index (Phi) is 6.49. The lowest BCUT2D eigenvalue weighted by Gasteiger charge is -2.27. The van der Waals surface area contributed by atoms with Crippen LogP contribution < -0.4 is 10.4 Å². The zero-order chi connectivity index (χ0) is 20.1. The van der Waals surface area contributed by atoms with E-state index in [1.165, 1.54) is 0 Å². The third-order valence-corrected chi connectivity index (χ3v) is 5.65. The van der Waals surface area contributed by atoms with Crippen molar-refractivity contribution in [1.29, 1.82) is 0 Å². The Morgan fingerprint density at radius 1 is 1.04 bits per heavy atom. The summed E-state index contributed by atoms with van der Waals surface area (Å²) >= 11 is 0. The normalized spacial score (nSPS) is 24.9. The second kappa shape index (κ2) is 9.04. The Balaban J connectivity index is 1.54. The summed E-state index contributed by atoms with van der Waals surface area (Å²) in [6.07, 6.45) is 8.63. The molecule has 1 aromatic carbocycles. The minimum Gasteiger partial charge on any atom is -0.550 e. The summed E-state index contributed by atoms with van der Waals surface area (Å²) in [6.45, 7) is 2.53. The second-order valence-electron chi connectivity index (χ2n) is 7.58. The maximum absolute atomic E-state index is 12.6. The molecule has 4 atom stereocenters. The van der Waals surface area contributed by atoms with E-state index in [0.29, 0.717) is 24.3 Å². The Labute approximate surface area is 165 Å². The highest BCUT2D eigenvalue weighted by molar-refractivity contribution is 5.97. The molecular formula is C22H26NO5-. The fourth-order valence-electron chi connectivity index (χ4n) is 4.19. The van der Waals surface area contributed by atoms with Gasteiger partial charge in [-0.15, -0.1) is 0 Å². The van der Waals surface area contributed by atoms with E-state index in [9.17, 15) is 19.5 Å². The lowest BCUT2D eigenvalue weighted by molar-refractivity contribution is -0.313. The van der Waals surface area contributed by atoms with E-state index in [1.54, 1.807) is 24.3 Å². The second-order valence-corrected chi connectivity index (χ2v) is 7.58. The SMILES string of the molecule is CCCCCCOC(=O)c1ccc(NC(=O)[C@@H]2[C@@H](C(=O)[O-])[C@H]3C=C[C@@H]2C3)cc1. The van der Waals surface area contributed by atoms with Gasteiger partial charge in [0.05, 0.1) is 18.1 Å². The maximum atomic E-state index is 12.6. The van der Waals surface area contributed by atoms with Crippen LogP contribution in [0.4, 0.5) is 5.69 Å². The van der Waals surface area contributed by atoms with Gasteiger partial charge in [-0.1, -0.05) is 38.3 Å². The monoisotopic (exact) mass is 384 g/mol. The van der Waals surface area contributed by atoms with Gasteiger partial charge in [-0.05, 0) is 48.9 Å². The Morgan fingerprint density at radius 2 is 1.71 bits per heavy atom. The van der Waals surface area contributed by atoms with Crippen LogP contribution in [0.15, 0.2) is 36.4 Å². The van der Waals surface area contributed by atoms with E-state index < -0.39 is 17.8 Å². The predicted octanol–water partition coefficient (Wildman–Crippen LogP) is 2.55. The summed E-state index contributed by atoms with van der Waals surface area (Å²) in [5.41, 5.74) is 0.942. The quantitative estimate of drug-likeness (QED) is 0.401. The number of hydrogen-bond donors (Lipinski definition) is 1. The third kappa shape index (κ3) is 4.43. The minimum absolute atomic E-state index is 0.0603. The molecule has 1 aromatic rings. The molecule has 0 unspecified atom stereocenters. The molecule has 2 aliphatic carbocycles. The van der Waals surface area contributed by atoms with Crippen molar-refractivity contribution in [3.63, 3.8) is 0 Å². The molecule has 1 fully saturated rings. The van der Waals surface area contributed by atoms with Crippen LogP contribution in [-0.2, 0) is 14.3 Å². The summed E-state index contributed by atoms with van der Waals surface area (Å²) in [5, 5.41) is 14.2. The summed E-state index contributed by atoms with van der Waals surface area (Å²) < 4.78 is 5.24. The number of allylic oxidation sites excluding steroid dienone is 2. The molecular weight excluding hydrogens is 358 g/mol. The van der Waals surface area contributed by atoms with Crippen LogP contribution in [0.25, 0.3) is 0 Å². The Hall–Kier alpha value is -2.63. The van der Waals surface area contributed by atoms with Crippen molar-refractivity contribution in [1.82, 2.24) is 0 Å². The molecule has 0 radical (unpaired) electrons. The molecule has 150 valence electrons. The van der Waals surface area contributed by atoms with Crippen LogP contribution in [0, 0.1) is 23.7 Å². The van der Waals surface area contributed by atoms with Gasteiger partial charge in [0.25, 0.3) is 0 Å². The molecule has 0 spiro atoms. The average molecular weight is 384 g/mol. The van der Waals surface area contributed by atoms with Crippen LogP contribution in [0.1, 0.15) is 49.4 Å². The number of carboxylic acids is 1. The van der Waals surface area contributed by atoms with E-state index in [-0.39, 0.29) is 23.7 Å². The molecule has 2 bridgehead atoms. The number of esters is 1. The number of ether oxygens (including phenoxy) is 1. The van der Waals surface area contributed by atoms with Crippen molar-refractivity contribution in [3.05, 3.63) is 42.0 Å². The van der Waals surface area contributed by atoms with Crippen LogP contribution in [0.2, 0.25) is 0 Å². The molecule has 6 nitrogen and oxygen atoms in total. The van der Waals surface area contributed by atoms with E-state index in [4.69, 9.17) is 4.74 Å². The molecule has 0 heterocycles. The van der Waals surface area contributed by atoms with Crippen molar-refractivity contribution in [2.45, 2.75) is 39.0 Å². The van der Waals surface area contributed by atoms with Crippen LogP contribution >= 0.6 is 0 Å². The first kappa shape index (κ1) is 20.1. The highest BCUT2D eigenvalue weighted by Gasteiger charge is 2.48. The van der Waals surface area contributed by atoms with Crippen molar-refractivity contribution in [3.8, 4) is 0 Å². The fourth-order valence-corrected chi connectivity index (χ4v) is 4.19. The van der Waals surface area contributed by atoms with E-state index in [0.717, 1.165) is 25.7 Å². The molecule has 1 amide bonds. The van der Waals surface area contributed by atoms with Gasteiger partial charge in [-0.3, -0.25) is 4.79 Å². The maximum Gasteiger partial charge on any atom is 0.338 e. The van der Waals surface area contributed by atoms with Gasteiger partial charge in [-0.2, -0.15) is 0 Å². The molecule has 2 aliphatic rings. The van der Waals surface area contributed by atoms with E-state index in [1.807, 2.05) is 12.2 Å². The van der Waals surface area contributed by atoms with Crippen LogP contribution in [0.3, 0.4) is 0 Å². The van der Waals surface area contributed by atoms with Gasteiger partial charge < -0.3 is 20.0 Å². The number of fused-ring (bicyclic) bond motifs is 2. The zero-order valence-corrected chi connectivity index (χ0v) is 16.1. The number of carboxylic acid groups (broad SMARTS) is 1. The first-order valence-electron chi connectivity index (χ1n) is 9.98. The minimum atomic E-state index is -1.17. The molecule has 0 aromatic heterocycles. The van der Waals surface area contributed by atoms with Gasteiger partial charge in [-0.25, -0.2) is 4.79 Å². The first-order chi connectivity index (χ1) is 13.5. The van der Waals surface area contributed by atoms with Gasteiger partial charge >= 0.3 is 5.97 Å². The largest absolute Gasteiger partial charge is 0.550 e. The number of aliphatic carboxylic acids is 1. The number of rotatable bonds is 9. The van der Waals surface area contributed by atoms with Crippen molar-refractivity contribution >= 4 is 23.5 Å². The smallest absolute Gasteiger partial charge is 0.338 e. The zero-order valence-electron chi connectivity index (χ0n) is 16.1. The molecule has 0 aliphatic heterocycles. The predicted molar refractivity (Wildman–Crippen MR) is 102 cm³/mol. The summed E-state index contributed by atoms with van der Waals surface area (Å²) in [7, 11) is 0. The summed E-state index contributed by atoms with van der Waals surface area (Å²) in [6, 6.07) is 6.45. The van der Waals surface area contributed by atoms with E-state index in [2.05, 4.69) is 12.2 Å². The van der Waals surface area contributed by atoms with Gasteiger partial charge in [0.2, 0.25) is 5.91 Å². The lowest BCUT2D eigenvalue weighted by Crippen LogP contribution is -2.42. The number of amides is 1. The first-order valence-corrected chi connectivity index (χ1v) is 9.98. The number of benzene rings is 1. The van der Waals surface area contributed by atoms with Crippen LogP contribution in [-0.4, -0.2) is 24.5 Å². The van der Waals surface area contributed by atoms with E-state index >= 15 is 0 Å². The molecule has 3 rings (SSSR count). The molecule has 1 saturated carbocycles. The molecule has 28 heavy (non-hydrogen) atoms. The summed E-state index contributed by atoms with van der Waals surface area (Å²) in [5.74, 6) is -3.46. The van der Waals surface area contributed by atoms with Crippen molar-refractivity contribution in [2.75, 3.05) is 11.9 Å². The highest BCUT2D eigenvalue weighted by atomic mass is 16.5. The number of carbonyl (C=O) groups is 3. The van der Waals surface area contributed by atoms with Crippen molar-refractivity contribution in [2.24, 2.45) is 23.7 Å². The highest BCUT2D eigenvalue weighted by Crippen LogP contribution is 2.48. The third-order valence-electron chi connectivity index (χ3n) is 5.65. The molecule has 0 saturated heterocycles. The van der Waals surface area contributed by atoms with Crippen molar-refractivity contribution < 1.29 is 24.2 Å². The number of nitrogens with one attached hydrogen (secondary N) is 1.